The summed E-state index contributed by atoms with van der Waals surface area (Å²) in [6, 6.07) is 3.40. The number of hydrogen-bond acceptors (Lipinski definition) is 5. The van der Waals surface area contributed by atoms with Crippen LogP contribution in [0, 0.1) is 0 Å². The molecule has 7 nitrogen and oxygen atoms in total. The number of alkyl halides is 3. The highest BCUT2D eigenvalue weighted by Gasteiger charge is 2.35. The Morgan fingerprint density at radius 3 is 2.71 bits per heavy atom. The Bertz CT molecular complexity index is 1010. The SMILES string of the molecule is COc1cnc2[nH]cc(-c3cncc([C@](C)(N)C(=O)NCC(F)(F)F)c3)c2c1. The van der Waals surface area contributed by atoms with Crippen molar-refractivity contribution in [1.82, 2.24) is 20.3 Å². The molecule has 3 aromatic rings. The van der Waals surface area contributed by atoms with E-state index in [-0.39, 0.29) is 5.56 Å². The molecule has 0 radical (unpaired) electrons. The molecule has 10 heteroatoms. The van der Waals surface area contributed by atoms with Gasteiger partial charge < -0.3 is 20.8 Å². The normalized spacial score (nSPS) is 13.9. The second-order valence-corrected chi connectivity index (χ2v) is 6.44. The lowest BCUT2D eigenvalue weighted by atomic mass is 9.91. The quantitative estimate of drug-likeness (QED) is 0.618. The number of nitrogens with two attached hydrogens (primary N) is 1. The second kappa shape index (κ2) is 7.12. The van der Waals surface area contributed by atoms with E-state index in [4.69, 9.17) is 10.5 Å². The van der Waals surface area contributed by atoms with Gasteiger partial charge in [-0.3, -0.25) is 9.78 Å². The fourth-order valence-electron chi connectivity index (χ4n) is 2.70. The number of carbonyl (C=O) groups excluding carboxylic acids is 1. The number of aromatic amines is 1. The first kappa shape index (κ1) is 19.6. The van der Waals surface area contributed by atoms with Gasteiger partial charge in [0.25, 0.3) is 0 Å². The monoisotopic (exact) mass is 393 g/mol. The second-order valence-electron chi connectivity index (χ2n) is 6.44. The number of hydrogen-bond donors (Lipinski definition) is 3. The third kappa shape index (κ3) is 3.91. The van der Waals surface area contributed by atoms with Crippen LogP contribution in [0.1, 0.15) is 12.5 Å². The molecular formula is C18H18F3N5O2. The van der Waals surface area contributed by atoms with Crippen LogP contribution in [0.2, 0.25) is 0 Å². The number of fused-ring (bicyclic) bond motifs is 1. The number of halogens is 3. The van der Waals surface area contributed by atoms with Crippen molar-refractivity contribution in [3.8, 4) is 16.9 Å². The summed E-state index contributed by atoms with van der Waals surface area (Å²) in [6.07, 6.45) is 1.68. The minimum atomic E-state index is -4.53. The summed E-state index contributed by atoms with van der Waals surface area (Å²) < 4.78 is 42.3. The van der Waals surface area contributed by atoms with Gasteiger partial charge in [-0.05, 0) is 19.1 Å². The number of rotatable bonds is 5. The number of nitrogens with one attached hydrogen (secondary N) is 2. The molecule has 0 aliphatic rings. The zero-order chi connectivity index (χ0) is 20.5. The van der Waals surface area contributed by atoms with Crippen molar-refractivity contribution < 1.29 is 22.7 Å². The van der Waals surface area contributed by atoms with E-state index in [1.54, 1.807) is 30.7 Å². The van der Waals surface area contributed by atoms with Crippen molar-refractivity contribution in [2.45, 2.75) is 18.6 Å². The summed E-state index contributed by atoms with van der Waals surface area (Å²) in [5, 5.41) is 2.57. The summed E-state index contributed by atoms with van der Waals surface area (Å²) >= 11 is 0. The molecule has 0 aliphatic carbocycles. The topological polar surface area (TPSA) is 106 Å². The Labute approximate surface area is 158 Å². The van der Waals surface area contributed by atoms with Gasteiger partial charge in [-0.25, -0.2) is 4.98 Å². The van der Waals surface area contributed by atoms with Gasteiger partial charge in [0.1, 0.15) is 23.5 Å². The van der Waals surface area contributed by atoms with Gasteiger partial charge in [-0.15, -0.1) is 0 Å². The number of aromatic nitrogens is 3. The Hall–Kier alpha value is -3.14. The van der Waals surface area contributed by atoms with Crippen LogP contribution >= 0.6 is 0 Å². The van der Waals surface area contributed by atoms with Crippen molar-refractivity contribution >= 4 is 16.9 Å². The zero-order valence-corrected chi connectivity index (χ0v) is 15.1. The fourth-order valence-corrected chi connectivity index (χ4v) is 2.70. The Morgan fingerprint density at radius 2 is 2.04 bits per heavy atom. The van der Waals surface area contributed by atoms with Gasteiger partial charge in [0.05, 0.1) is 13.3 Å². The molecule has 0 spiro atoms. The highest BCUT2D eigenvalue weighted by Crippen LogP contribution is 2.31. The van der Waals surface area contributed by atoms with E-state index in [1.807, 2.05) is 5.32 Å². The molecule has 4 N–H and O–H groups in total. The van der Waals surface area contributed by atoms with Crippen LogP contribution in [0.5, 0.6) is 5.75 Å². The molecule has 1 atom stereocenters. The van der Waals surface area contributed by atoms with Gasteiger partial charge in [-0.1, -0.05) is 0 Å². The highest BCUT2D eigenvalue weighted by molar-refractivity contribution is 5.94. The largest absolute Gasteiger partial charge is 0.495 e. The summed E-state index contributed by atoms with van der Waals surface area (Å²) in [5.41, 5.74) is 6.59. The first-order valence-electron chi connectivity index (χ1n) is 8.23. The van der Waals surface area contributed by atoms with Crippen LogP contribution in [-0.2, 0) is 10.3 Å². The molecule has 0 bridgehead atoms. The van der Waals surface area contributed by atoms with Crippen molar-refractivity contribution in [2.24, 2.45) is 5.73 Å². The van der Waals surface area contributed by atoms with Crippen molar-refractivity contribution in [3.05, 3.63) is 42.5 Å². The highest BCUT2D eigenvalue weighted by atomic mass is 19.4. The first-order chi connectivity index (χ1) is 13.1. The smallest absolute Gasteiger partial charge is 0.405 e. The van der Waals surface area contributed by atoms with Gasteiger partial charge in [-0.2, -0.15) is 13.2 Å². The summed E-state index contributed by atoms with van der Waals surface area (Å²) in [4.78, 5) is 23.6. The van der Waals surface area contributed by atoms with E-state index >= 15 is 0 Å². The third-order valence-corrected chi connectivity index (χ3v) is 4.31. The number of H-pyrrole nitrogens is 1. The molecule has 28 heavy (non-hydrogen) atoms. The number of amides is 1. The molecule has 0 saturated heterocycles. The molecule has 3 heterocycles. The third-order valence-electron chi connectivity index (χ3n) is 4.31. The molecule has 0 fully saturated rings. The lowest BCUT2D eigenvalue weighted by Gasteiger charge is -2.24. The van der Waals surface area contributed by atoms with Gasteiger partial charge in [0.15, 0.2) is 0 Å². The Balaban J connectivity index is 1.95. The summed E-state index contributed by atoms with van der Waals surface area (Å²) in [5.74, 6) is -0.390. The van der Waals surface area contributed by atoms with Crippen LogP contribution in [0.15, 0.2) is 36.9 Å². The Kier molecular flexibility index (Phi) is 4.99. The maximum atomic E-state index is 12.4. The standard InChI is InChI=1S/C18H18F3N5O2/c1-17(22,16(27)26-9-18(19,20)21)11-3-10(5-23-6-11)14-8-25-15-13(14)4-12(28-2)7-24-15/h3-8H,9,22H2,1-2H3,(H,24,25)(H,26,27)/t17-/m0/s1. The van der Waals surface area contributed by atoms with Gasteiger partial charge in [0, 0.05) is 40.7 Å². The number of carbonyl (C=O) groups is 1. The number of nitrogens with zero attached hydrogens (tertiary/aromatic N) is 2. The minimum absolute atomic E-state index is 0.273. The maximum absolute atomic E-state index is 12.4. The average molecular weight is 393 g/mol. The molecule has 0 aromatic carbocycles. The van der Waals surface area contributed by atoms with E-state index in [0.717, 1.165) is 10.9 Å². The number of ether oxygens (including phenoxy) is 1. The van der Waals surface area contributed by atoms with Gasteiger partial charge in [0.2, 0.25) is 5.91 Å². The van der Waals surface area contributed by atoms with Crippen LogP contribution in [0.4, 0.5) is 13.2 Å². The predicted molar refractivity (Wildman–Crippen MR) is 96.5 cm³/mol. The zero-order valence-electron chi connectivity index (χ0n) is 15.1. The molecule has 0 unspecified atom stereocenters. The van der Waals surface area contributed by atoms with Crippen molar-refractivity contribution in [2.75, 3.05) is 13.7 Å². The average Bonchev–Trinajstić information content (AvgIpc) is 3.08. The maximum Gasteiger partial charge on any atom is 0.405 e. The molecular weight excluding hydrogens is 375 g/mol. The minimum Gasteiger partial charge on any atom is -0.495 e. The van der Waals surface area contributed by atoms with E-state index in [1.165, 1.54) is 20.2 Å². The first-order valence-corrected chi connectivity index (χ1v) is 8.23. The van der Waals surface area contributed by atoms with E-state index in [9.17, 15) is 18.0 Å². The predicted octanol–water partition coefficient (Wildman–Crippen LogP) is 2.49. The fraction of sp³-hybridized carbons (Fsp3) is 0.278. The van der Waals surface area contributed by atoms with E-state index in [0.29, 0.717) is 17.0 Å². The summed E-state index contributed by atoms with van der Waals surface area (Å²) in [7, 11) is 1.52. The molecule has 1 amide bonds. The lowest BCUT2D eigenvalue weighted by molar-refractivity contribution is -0.141. The molecule has 3 rings (SSSR count). The number of methoxy groups -OCH3 is 1. The number of pyridine rings is 2. The van der Waals surface area contributed by atoms with Crippen LogP contribution < -0.4 is 15.8 Å². The van der Waals surface area contributed by atoms with E-state index in [2.05, 4.69) is 15.0 Å². The van der Waals surface area contributed by atoms with Crippen LogP contribution in [0.3, 0.4) is 0 Å². The summed E-state index contributed by atoms with van der Waals surface area (Å²) in [6.45, 7) is -0.126. The van der Waals surface area contributed by atoms with Crippen LogP contribution in [-0.4, -0.2) is 40.7 Å². The van der Waals surface area contributed by atoms with Gasteiger partial charge >= 0.3 is 6.18 Å². The van der Waals surface area contributed by atoms with Crippen LogP contribution in [0.25, 0.3) is 22.2 Å². The lowest BCUT2D eigenvalue weighted by Crippen LogP contribution is -2.51. The Morgan fingerprint density at radius 1 is 1.29 bits per heavy atom. The van der Waals surface area contributed by atoms with E-state index < -0.39 is 24.2 Å². The molecule has 3 aromatic heterocycles. The molecule has 148 valence electrons. The van der Waals surface area contributed by atoms with Crippen molar-refractivity contribution in [3.63, 3.8) is 0 Å². The molecule has 0 aliphatic heterocycles. The molecule has 0 saturated carbocycles. The van der Waals surface area contributed by atoms with Crippen molar-refractivity contribution in [1.29, 1.82) is 0 Å².